The highest BCUT2D eigenvalue weighted by Gasteiger charge is 2.22. The Labute approximate surface area is 142 Å². The van der Waals surface area contributed by atoms with E-state index in [2.05, 4.69) is 4.98 Å². The first-order valence-corrected chi connectivity index (χ1v) is 8.67. The molecular formula is C19H25N3O2. The molecule has 2 aromatic rings. The lowest BCUT2D eigenvalue weighted by atomic mass is 9.97. The van der Waals surface area contributed by atoms with Crippen molar-refractivity contribution < 1.29 is 9.21 Å². The molecule has 1 saturated heterocycles. The van der Waals surface area contributed by atoms with Crippen molar-refractivity contribution in [2.45, 2.75) is 32.6 Å². The van der Waals surface area contributed by atoms with E-state index in [1.807, 2.05) is 42.2 Å². The van der Waals surface area contributed by atoms with Crippen molar-refractivity contribution >= 4 is 5.91 Å². The van der Waals surface area contributed by atoms with Crippen molar-refractivity contribution in [1.82, 2.24) is 9.88 Å². The van der Waals surface area contributed by atoms with E-state index in [0.29, 0.717) is 24.7 Å². The number of likely N-dealkylation sites (tertiary alicyclic amines) is 1. The molecule has 3 rings (SSSR count). The summed E-state index contributed by atoms with van der Waals surface area (Å²) in [5.74, 6) is 2.18. The fraction of sp³-hybridized carbons (Fsp3) is 0.474. The van der Waals surface area contributed by atoms with Crippen molar-refractivity contribution in [1.29, 1.82) is 0 Å². The van der Waals surface area contributed by atoms with Crippen LogP contribution in [0, 0.1) is 12.8 Å². The zero-order valence-corrected chi connectivity index (χ0v) is 14.2. The molecule has 1 aliphatic heterocycles. The van der Waals surface area contributed by atoms with Gasteiger partial charge < -0.3 is 15.1 Å². The Balaban J connectivity index is 1.56. The fourth-order valence-electron chi connectivity index (χ4n) is 3.21. The summed E-state index contributed by atoms with van der Waals surface area (Å²) in [5.41, 5.74) is 7.59. The first kappa shape index (κ1) is 16.7. The predicted octanol–water partition coefficient (Wildman–Crippen LogP) is 2.78. The number of nitrogens with two attached hydrogens (primary N) is 1. The van der Waals surface area contributed by atoms with Gasteiger partial charge in [-0.25, -0.2) is 4.98 Å². The molecule has 2 N–H and O–H groups in total. The number of oxazole rings is 1. The van der Waals surface area contributed by atoms with Crippen LogP contribution in [0.1, 0.15) is 30.8 Å². The number of hydrogen-bond donors (Lipinski definition) is 1. The van der Waals surface area contributed by atoms with Gasteiger partial charge in [0.1, 0.15) is 0 Å². The fourth-order valence-corrected chi connectivity index (χ4v) is 3.21. The number of piperidine rings is 1. The van der Waals surface area contributed by atoms with E-state index >= 15 is 0 Å². The SMILES string of the molecule is Cc1nc(CCC(=O)N2CCC(CN)CC2)oc1-c1ccccc1. The van der Waals surface area contributed by atoms with Gasteiger partial charge in [-0.3, -0.25) is 4.79 Å². The van der Waals surface area contributed by atoms with E-state index in [4.69, 9.17) is 10.2 Å². The third-order valence-corrected chi connectivity index (χ3v) is 4.73. The number of nitrogens with zero attached hydrogens (tertiary/aromatic N) is 2. The lowest BCUT2D eigenvalue weighted by Gasteiger charge is -2.31. The summed E-state index contributed by atoms with van der Waals surface area (Å²) in [4.78, 5) is 18.8. The van der Waals surface area contributed by atoms with E-state index in [-0.39, 0.29) is 5.91 Å². The minimum atomic E-state index is 0.183. The van der Waals surface area contributed by atoms with Crippen LogP contribution in [0.5, 0.6) is 0 Å². The van der Waals surface area contributed by atoms with E-state index in [1.165, 1.54) is 0 Å². The van der Waals surface area contributed by atoms with Crippen molar-refractivity contribution in [3.05, 3.63) is 41.9 Å². The van der Waals surface area contributed by atoms with Crippen LogP contribution in [0.3, 0.4) is 0 Å². The molecule has 24 heavy (non-hydrogen) atoms. The first-order valence-electron chi connectivity index (χ1n) is 8.67. The molecule has 2 heterocycles. The standard InChI is InChI=1S/C19H25N3O2/c1-14-19(16-5-3-2-4-6-16)24-17(21-14)7-8-18(23)22-11-9-15(13-20)10-12-22/h2-6,15H,7-13,20H2,1H3. The molecule has 5 heteroatoms. The molecule has 1 fully saturated rings. The van der Waals surface area contributed by atoms with Gasteiger partial charge in [0.2, 0.25) is 5.91 Å². The molecule has 1 aromatic carbocycles. The maximum absolute atomic E-state index is 12.4. The third-order valence-electron chi connectivity index (χ3n) is 4.73. The highest BCUT2D eigenvalue weighted by Crippen LogP contribution is 2.25. The molecule has 128 valence electrons. The number of amides is 1. The third kappa shape index (κ3) is 3.85. The van der Waals surface area contributed by atoms with Crippen LogP contribution in [0.4, 0.5) is 0 Å². The molecule has 5 nitrogen and oxygen atoms in total. The van der Waals surface area contributed by atoms with Gasteiger partial charge in [0.05, 0.1) is 5.69 Å². The number of aromatic nitrogens is 1. The van der Waals surface area contributed by atoms with Crippen LogP contribution < -0.4 is 5.73 Å². The number of hydrogen-bond acceptors (Lipinski definition) is 4. The zero-order chi connectivity index (χ0) is 16.9. The lowest BCUT2D eigenvalue weighted by molar-refractivity contribution is -0.132. The monoisotopic (exact) mass is 327 g/mol. The first-order chi connectivity index (χ1) is 11.7. The second-order valence-electron chi connectivity index (χ2n) is 6.45. The van der Waals surface area contributed by atoms with Gasteiger partial charge >= 0.3 is 0 Å². The molecule has 0 radical (unpaired) electrons. The number of benzene rings is 1. The maximum atomic E-state index is 12.4. The molecule has 1 amide bonds. The van der Waals surface area contributed by atoms with Gasteiger partial charge in [-0.2, -0.15) is 0 Å². The molecule has 0 saturated carbocycles. The Hall–Kier alpha value is -2.14. The molecule has 0 spiro atoms. The lowest BCUT2D eigenvalue weighted by Crippen LogP contribution is -2.40. The molecule has 1 aliphatic rings. The second kappa shape index (κ2) is 7.62. The number of carbonyl (C=O) groups excluding carboxylic acids is 1. The van der Waals surface area contributed by atoms with Crippen LogP contribution in [0.15, 0.2) is 34.7 Å². The zero-order valence-electron chi connectivity index (χ0n) is 14.2. The van der Waals surface area contributed by atoms with Crippen molar-refractivity contribution in [2.75, 3.05) is 19.6 Å². The maximum Gasteiger partial charge on any atom is 0.223 e. The Morgan fingerprint density at radius 1 is 1.29 bits per heavy atom. The average molecular weight is 327 g/mol. The highest BCUT2D eigenvalue weighted by atomic mass is 16.4. The molecular weight excluding hydrogens is 302 g/mol. The van der Waals surface area contributed by atoms with Crippen molar-refractivity contribution in [2.24, 2.45) is 11.7 Å². The number of carbonyl (C=O) groups is 1. The van der Waals surface area contributed by atoms with Crippen LogP contribution in [0.25, 0.3) is 11.3 Å². The predicted molar refractivity (Wildman–Crippen MR) is 93.4 cm³/mol. The van der Waals surface area contributed by atoms with Gasteiger partial charge in [-0.1, -0.05) is 30.3 Å². The minimum absolute atomic E-state index is 0.183. The van der Waals surface area contributed by atoms with Gasteiger partial charge in [0.15, 0.2) is 11.7 Å². The Bertz CT molecular complexity index is 673. The molecule has 0 aliphatic carbocycles. The quantitative estimate of drug-likeness (QED) is 0.916. The molecule has 0 bridgehead atoms. The van der Waals surface area contributed by atoms with Crippen LogP contribution in [-0.2, 0) is 11.2 Å². The van der Waals surface area contributed by atoms with Gasteiger partial charge in [-0.05, 0) is 32.2 Å². The van der Waals surface area contributed by atoms with Gasteiger partial charge in [0, 0.05) is 31.5 Å². The normalized spacial score (nSPS) is 15.7. The van der Waals surface area contributed by atoms with E-state index in [9.17, 15) is 4.79 Å². The summed E-state index contributed by atoms with van der Waals surface area (Å²) in [6.45, 7) is 4.30. The summed E-state index contributed by atoms with van der Waals surface area (Å²) < 4.78 is 5.87. The summed E-state index contributed by atoms with van der Waals surface area (Å²) in [6, 6.07) is 9.94. The van der Waals surface area contributed by atoms with E-state index < -0.39 is 0 Å². The van der Waals surface area contributed by atoms with Crippen molar-refractivity contribution in [3.63, 3.8) is 0 Å². The van der Waals surface area contributed by atoms with Gasteiger partial charge in [0.25, 0.3) is 0 Å². The van der Waals surface area contributed by atoms with Gasteiger partial charge in [-0.15, -0.1) is 0 Å². The number of rotatable bonds is 5. The van der Waals surface area contributed by atoms with E-state index in [0.717, 1.165) is 49.5 Å². The van der Waals surface area contributed by atoms with Crippen LogP contribution in [-0.4, -0.2) is 35.4 Å². The largest absolute Gasteiger partial charge is 0.440 e. The summed E-state index contributed by atoms with van der Waals surface area (Å²) in [7, 11) is 0. The topological polar surface area (TPSA) is 72.4 Å². The summed E-state index contributed by atoms with van der Waals surface area (Å²) in [5, 5.41) is 0. The molecule has 0 unspecified atom stereocenters. The van der Waals surface area contributed by atoms with Crippen LogP contribution >= 0.6 is 0 Å². The Morgan fingerprint density at radius 3 is 2.67 bits per heavy atom. The number of aryl methyl sites for hydroxylation is 2. The highest BCUT2D eigenvalue weighted by molar-refractivity contribution is 5.76. The summed E-state index contributed by atoms with van der Waals surface area (Å²) >= 11 is 0. The molecule has 1 aromatic heterocycles. The minimum Gasteiger partial charge on any atom is -0.440 e. The molecule has 0 atom stereocenters. The second-order valence-corrected chi connectivity index (χ2v) is 6.45. The summed E-state index contributed by atoms with van der Waals surface area (Å²) in [6.07, 6.45) is 3.02. The average Bonchev–Trinajstić information content (AvgIpc) is 3.01. The smallest absolute Gasteiger partial charge is 0.223 e. The Morgan fingerprint density at radius 2 is 2.00 bits per heavy atom. The van der Waals surface area contributed by atoms with Crippen molar-refractivity contribution in [3.8, 4) is 11.3 Å². The van der Waals surface area contributed by atoms with Crippen LogP contribution in [0.2, 0.25) is 0 Å². The van der Waals surface area contributed by atoms with E-state index in [1.54, 1.807) is 0 Å². The Kier molecular flexibility index (Phi) is 5.30.